The molecule has 3 rings (SSSR count). The van der Waals surface area contributed by atoms with E-state index in [9.17, 15) is 5.11 Å². The van der Waals surface area contributed by atoms with Crippen LogP contribution in [0.2, 0.25) is 0 Å². The molecule has 0 heterocycles. The summed E-state index contributed by atoms with van der Waals surface area (Å²) in [6, 6.07) is 26.1. The maximum atomic E-state index is 10.1. The Hall–Kier alpha value is -3.04. The Morgan fingerprint density at radius 2 is 1.59 bits per heavy atom. The summed E-state index contributed by atoms with van der Waals surface area (Å²) in [6.07, 6.45) is 1.99. The molecule has 29 heavy (non-hydrogen) atoms. The molecular formula is C26H29NO2. The van der Waals surface area contributed by atoms with Crippen molar-refractivity contribution in [1.82, 2.24) is 4.90 Å². The molecule has 1 N–H and O–H groups in total. The number of hydrogen-bond acceptors (Lipinski definition) is 3. The molecular weight excluding hydrogens is 358 g/mol. The Morgan fingerprint density at radius 1 is 0.897 bits per heavy atom. The molecule has 0 saturated heterocycles. The number of hydrogen-bond donors (Lipinski definition) is 1. The summed E-state index contributed by atoms with van der Waals surface area (Å²) < 4.78 is 5.85. The van der Waals surface area contributed by atoms with E-state index in [-0.39, 0.29) is 17.6 Å². The second-order valence-electron chi connectivity index (χ2n) is 7.47. The summed E-state index contributed by atoms with van der Waals surface area (Å²) in [5, 5.41) is 10.1. The lowest BCUT2D eigenvalue weighted by Gasteiger charge is -2.26. The number of likely N-dealkylation sites (N-methyl/N-ethyl adjacent to an activating group) is 1. The van der Waals surface area contributed by atoms with Gasteiger partial charge in [-0.2, -0.15) is 0 Å². The third-order valence-electron chi connectivity index (χ3n) is 5.07. The van der Waals surface area contributed by atoms with E-state index in [4.69, 9.17) is 4.74 Å². The molecule has 3 aromatic rings. The molecule has 0 aromatic heterocycles. The van der Waals surface area contributed by atoms with Crippen molar-refractivity contribution in [3.8, 4) is 11.5 Å². The first-order valence-electron chi connectivity index (χ1n) is 9.92. The number of phenolic OH excluding ortho intramolecular Hbond substituents is 1. The highest BCUT2D eigenvalue weighted by molar-refractivity contribution is 5.44. The van der Waals surface area contributed by atoms with E-state index in [2.05, 4.69) is 41.8 Å². The van der Waals surface area contributed by atoms with Crippen LogP contribution in [0.25, 0.3) is 0 Å². The van der Waals surface area contributed by atoms with Crippen LogP contribution in [0.15, 0.2) is 91.5 Å². The van der Waals surface area contributed by atoms with Gasteiger partial charge in [0.2, 0.25) is 0 Å². The normalized spacial score (nSPS) is 13.1. The molecule has 150 valence electrons. The average Bonchev–Trinajstić information content (AvgIpc) is 2.73. The maximum Gasteiger partial charge on any atom is 0.119 e. The Labute approximate surface area is 173 Å². The zero-order chi connectivity index (χ0) is 20.6. The van der Waals surface area contributed by atoms with Crippen molar-refractivity contribution in [2.24, 2.45) is 0 Å². The zero-order valence-corrected chi connectivity index (χ0v) is 17.2. The number of nitrogens with zero attached hydrogens (tertiary/aromatic N) is 1. The van der Waals surface area contributed by atoms with E-state index in [0.717, 1.165) is 23.4 Å². The summed E-state index contributed by atoms with van der Waals surface area (Å²) in [6.45, 7) is 5.64. The van der Waals surface area contributed by atoms with Crippen molar-refractivity contribution in [2.75, 3.05) is 27.2 Å². The zero-order valence-electron chi connectivity index (χ0n) is 17.2. The molecule has 0 fully saturated rings. The van der Waals surface area contributed by atoms with Crippen LogP contribution in [0.3, 0.4) is 0 Å². The Morgan fingerprint density at radius 3 is 2.21 bits per heavy atom. The van der Waals surface area contributed by atoms with Gasteiger partial charge < -0.3 is 14.7 Å². The van der Waals surface area contributed by atoms with Crippen LogP contribution in [0, 0.1) is 0 Å². The largest absolute Gasteiger partial charge is 0.508 e. The smallest absolute Gasteiger partial charge is 0.119 e. The third kappa shape index (κ3) is 5.49. The lowest BCUT2D eigenvalue weighted by molar-refractivity contribution is 0.261. The van der Waals surface area contributed by atoms with Gasteiger partial charge in [-0.15, -0.1) is 6.58 Å². The van der Waals surface area contributed by atoms with Gasteiger partial charge in [-0.3, -0.25) is 0 Å². The summed E-state index contributed by atoms with van der Waals surface area (Å²) in [5.74, 6) is 1.25. The SMILES string of the molecule is C=C[C@@H](c1ccccc1)[C@H](c1ccc(OCCN(C)C)cc1)c1cccc(O)c1. The minimum Gasteiger partial charge on any atom is -0.508 e. The summed E-state index contributed by atoms with van der Waals surface area (Å²) in [4.78, 5) is 2.10. The third-order valence-corrected chi connectivity index (χ3v) is 5.07. The minimum atomic E-state index is 0.0397. The Balaban J connectivity index is 1.94. The number of benzene rings is 3. The van der Waals surface area contributed by atoms with Gasteiger partial charge in [0.25, 0.3) is 0 Å². The standard InChI is InChI=1S/C26H29NO2/c1-4-25(20-9-6-5-7-10-20)26(22-11-8-12-23(28)19-22)21-13-15-24(16-14-21)29-18-17-27(2)3/h4-16,19,25-26,28H,1,17-18H2,2-3H3/t25-,26+/m0/s1. The lowest BCUT2D eigenvalue weighted by Crippen LogP contribution is -2.19. The van der Waals surface area contributed by atoms with Crippen LogP contribution in [0.5, 0.6) is 11.5 Å². The molecule has 0 saturated carbocycles. The van der Waals surface area contributed by atoms with Gasteiger partial charge >= 0.3 is 0 Å². The topological polar surface area (TPSA) is 32.7 Å². The monoisotopic (exact) mass is 387 g/mol. The lowest BCUT2D eigenvalue weighted by atomic mass is 9.77. The van der Waals surface area contributed by atoms with Crippen LogP contribution < -0.4 is 4.74 Å². The van der Waals surface area contributed by atoms with Crippen molar-refractivity contribution in [3.63, 3.8) is 0 Å². The highest BCUT2D eigenvalue weighted by atomic mass is 16.5. The van der Waals surface area contributed by atoms with Crippen molar-refractivity contribution in [2.45, 2.75) is 11.8 Å². The van der Waals surface area contributed by atoms with Crippen LogP contribution in [-0.4, -0.2) is 37.3 Å². The molecule has 0 aliphatic rings. The molecule has 0 amide bonds. The van der Waals surface area contributed by atoms with Gasteiger partial charge in [-0.25, -0.2) is 0 Å². The van der Waals surface area contributed by atoms with E-state index < -0.39 is 0 Å². The molecule has 3 heteroatoms. The fraction of sp³-hybridized carbons (Fsp3) is 0.231. The maximum absolute atomic E-state index is 10.1. The number of phenols is 1. The summed E-state index contributed by atoms with van der Waals surface area (Å²) in [5.41, 5.74) is 3.41. The van der Waals surface area contributed by atoms with E-state index in [1.807, 2.05) is 62.6 Å². The van der Waals surface area contributed by atoms with Crippen LogP contribution in [0.1, 0.15) is 28.5 Å². The quantitative estimate of drug-likeness (QED) is 0.497. The molecule has 0 unspecified atom stereocenters. The number of allylic oxidation sites excluding steroid dienone is 1. The average molecular weight is 388 g/mol. The van der Waals surface area contributed by atoms with Gasteiger partial charge in [-0.05, 0) is 55.1 Å². The van der Waals surface area contributed by atoms with Gasteiger partial charge in [-0.1, -0.05) is 60.7 Å². The molecule has 3 aromatic carbocycles. The predicted octanol–water partition coefficient (Wildman–Crippen LogP) is 5.43. The van der Waals surface area contributed by atoms with Crippen molar-refractivity contribution < 1.29 is 9.84 Å². The number of aromatic hydroxyl groups is 1. The summed E-state index contributed by atoms with van der Waals surface area (Å²) in [7, 11) is 4.07. The highest BCUT2D eigenvalue weighted by Gasteiger charge is 2.24. The Kier molecular flexibility index (Phi) is 7.09. The van der Waals surface area contributed by atoms with Gasteiger partial charge in [0.1, 0.15) is 18.1 Å². The number of rotatable bonds is 9. The number of ether oxygens (including phenoxy) is 1. The Bertz CT molecular complexity index is 904. The molecule has 0 spiro atoms. The summed E-state index contributed by atoms with van der Waals surface area (Å²) >= 11 is 0. The first kappa shape index (κ1) is 20.7. The molecule has 0 aliphatic heterocycles. The van der Waals surface area contributed by atoms with E-state index in [1.165, 1.54) is 5.56 Å². The molecule has 2 atom stereocenters. The first-order chi connectivity index (χ1) is 14.1. The predicted molar refractivity (Wildman–Crippen MR) is 120 cm³/mol. The van der Waals surface area contributed by atoms with Gasteiger partial charge in [0.05, 0.1) is 0 Å². The van der Waals surface area contributed by atoms with Crippen molar-refractivity contribution in [1.29, 1.82) is 0 Å². The van der Waals surface area contributed by atoms with Crippen molar-refractivity contribution >= 4 is 0 Å². The van der Waals surface area contributed by atoms with E-state index >= 15 is 0 Å². The molecule has 0 radical (unpaired) electrons. The molecule has 0 aliphatic carbocycles. The fourth-order valence-electron chi connectivity index (χ4n) is 3.58. The van der Waals surface area contributed by atoms with E-state index in [1.54, 1.807) is 6.07 Å². The second-order valence-corrected chi connectivity index (χ2v) is 7.47. The minimum absolute atomic E-state index is 0.0397. The van der Waals surface area contributed by atoms with Gasteiger partial charge in [0, 0.05) is 18.4 Å². The van der Waals surface area contributed by atoms with Crippen molar-refractivity contribution in [3.05, 3.63) is 108 Å². The van der Waals surface area contributed by atoms with Crippen LogP contribution in [-0.2, 0) is 0 Å². The highest BCUT2D eigenvalue weighted by Crippen LogP contribution is 2.40. The van der Waals surface area contributed by atoms with Crippen LogP contribution in [0.4, 0.5) is 0 Å². The van der Waals surface area contributed by atoms with Gasteiger partial charge in [0.15, 0.2) is 0 Å². The second kappa shape index (κ2) is 9.94. The first-order valence-corrected chi connectivity index (χ1v) is 9.92. The molecule has 3 nitrogen and oxygen atoms in total. The van der Waals surface area contributed by atoms with Crippen LogP contribution >= 0.6 is 0 Å². The fourth-order valence-corrected chi connectivity index (χ4v) is 3.58. The van der Waals surface area contributed by atoms with E-state index in [0.29, 0.717) is 6.61 Å². The molecule has 0 bridgehead atoms.